The number of hydrogen-bond acceptors (Lipinski definition) is 3. The second-order valence-electron chi connectivity index (χ2n) is 4.37. The highest BCUT2D eigenvalue weighted by Crippen LogP contribution is 2.19. The van der Waals surface area contributed by atoms with Crippen LogP contribution in [0.1, 0.15) is 19.7 Å². The molecule has 0 aliphatic carbocycles. The first-order valence-electron chi connectivity index (χ1n) is 5.97. The van der Waals surface area contributed by atoms with E-state index in [4.69, 9.17) is 0 Å². The third-order valence-electron chi connectivity index (χ3n) is 2.52. The monoisotopic (exact) mass is 245 g/mol. The number of hydrogen-bond donors (Lipinski definition) is 1. The molecule has 18 heavy (non-hydrogen) atoms. The van der Waals surface area contributed by atoms with Gasteiger partial charge in [-0.1, -0.05) is 26.0 Å². The van der Waals surface area contributed by atoms with Crippen LogP contribution in [0.3, 0.4) is 0 Å². The molecule has 0 aliphatic rings. The summed E-state index contributed by atoms with van der Waals surface area (Å²) in [7, 11) is 0. The lowest BCUT2D eigenvalue weighted by atomic mass is 10.1. The smallest absolute Gasteiger partial charge is 0.142 e. The van der Waals surface area contributed by atoms with Crippen LogP contribution >= 0.6 is 0 Å². The first-order valence-corrected chi connectivity index (χ1v) is 5.97. The minimum Gasteiger partial charge on any atom is -0.308 e. The predicted molar refractivity (Wildman–Crippen MR) is 69.4 cm³/mol. The Morgan fingerprint density at radius 1 is 1.22 bits per heavy atom. The lowest BCUT2D eigenvalue weighted by molar-refractivity contribution is 0.572. The van der Waals surface area contributed by atoms with E-state index < -0.39 is 0 Å². The van der Waals surface area contributed by atoms with Crippen molar-refractivity contribution in [3.05, 3.63) is 48.2 Å². The predicted octanol–water partition coefficient (Wildman–Crippen LogP) is 2.78. The van der Waals surface area contributed by atoms with Crippen LogP contribution in [-0.2, 0) is 6.54 Å². The van der Waals surface area contributed by atoms with Crippen molar-refractivity contribution in [1.29, 1.82) is 0 Å². The summed E-state index contributed by atoms with van der Waals surface area (Å²) < 4.78 is 13.6. The first kappa shape index (κ1) is 12.6. The molecule has 2 aromatic rings. The highest BCUT2D eigenvalue weighted by molar-refractivity contribution is 5.59. The summed E-state index contributed by atoms with van der Waals surface area (Å²) in [5.74, 6) is 0.406. The summed E-state index contributed by atoms with van der Waals surface area (Å²) in [5.41, 5.74) is 1.12. The van der Waals surface area contributed by atoms with E-state index >= 15 is 0 Å². The summed E-state index contributed by atoms with van der Waals surface area (Å²) in [6.45, 7) is 4.70. The number of benzene rings is 1. The lowest BCUT2D eigenvalue weighted by Gasteiger charge is -2.08. The largest absolute Gasteiger partial charge is 0.308 e. The molecule has 1 heterocycles. The van der Waals surface area contributed by atoms with Crippen molar-refractivity contribution in [2.45, 2.75) is 26.4 Å². The van der Waals surface area contributed by atoms with Crippen LogP contribution in [0.4, 0.5) is 4.39 Å². The number of rotatable bonds is 4. The molecule has 0 saturated carbocycles. The zero-order valence-electron chi connectivity index (χ0n) is 10.5. The van der Waals surface area contributed by atoms with Crippen LogP contribution in [0.25, 0.3) is 11.3 Å². The van der Waals surface area contributed by atoms with Crippen LogP contribution in [0.15, 0.2) is 36.5 Å². The zero-order valence-corrected chi connectivity index (χ0v) is 10.5. The second-order valence-corrected chi connectivity index (χ2v) is 4.37. The van der Waals surface area contributed by atoms with Gasteiger partial charge in [0.15, 0.2) is 0 Å². The van der Waals surface area contributed by atoms with Crippen LogP contribution in [-0.4, -0.2) is 16.0 Å². The molecule has 0 amide bonds. The van der Waals surface area contributed by atoms with Crippen LogP contribution in [0.5, 0.6) is 0 Å². The van der Waals surface area contributed by atoms with Gasteiger partial charge < -0.3 is 5.32 Å². The molecule has 0 fully saturated rings. The maximum Gasteiger partial charge on any atom is 0.142 e. The van der Waals surface area contributed by atoms with E-state index in [1.165, 1.54) is 6.07 Å². The third kappa shape index (κ3) is 3.11. The Balaban J connectivity index is 2.25. The van der Waals surface area contributed by atoms with E-state index in [-0.39, 0.29) is 5.82 Å². The molecule has 1 N–H and O–H groups in total. The Bertz CT molecular complexity index is 526. The average Bonchev–Trinajstić information content (AvgIpc) is 2.37. The third-order valence-corrected chi connectivity index (χ3v) is 2.52. The van der Waals surface area contributed by atoms with Gasteiger partial charge in [-0.2, -0.15) is 0 Å². The number of nitrogens with one attached hydrogen (secondary N) is 1. The van der Waals surface area contributed by atoms with E-state index in [1.54, 1.807) is 30.5 Å². The molecule has 0 radical (unpaired) electrons. The molecule has 0 saturated heterocycles. The van der Waals surface area contributed by atoms with Crippen LogP contribution in [0.2, 0.25) is 0 Å². The van der Waals surface area contributed by atoms with Crippen LogP contribution in [0, 0.1) is 5.82 Å². The second kappa shape index (κ2) is 5.69. The summed E-state index contributed by atoms with van der Waals surface area (Å²) >= 11 is 0. The van der Waals surface area contributed by atoms with E-state index in [2.05, 4.69) is 29.1 Å². The van der Waals surface area contributed by atoms with Gasteiger partial charge in [-0.05, 0) is 18.2 Å². The fourth-order valence-electron chi connectivity index (χ4n) is 1.60. The van der Waals surface area contributed by atoms with Gasteiger partial charge in [-0.15, -0.1) is 0 Å². The van der Waals surface area contributed by atoms with Crippen molar-refractivity contribution >= 4 is 0 Å². The molecule has 0 spiro atoms. The number of nitrogens with zero attached hydrogens (tertiary/aromatic N) is 2. The number of halogens is 1. The number of aromatic nitrogens is 2. The van der Waals surface area contributed by atoms with Gasteiger partial charge in [-0.25, -0.2) is 14.4 Å². The fraction of sp³-hybridized carbons (Fsp3) is 0.286. The van der Waals surface area contributed by atoms with E-state index in [0.717, 1.165) is 0 Å². The molecule has 1 aromatic carbocycles. The molecule has 0 bridgehead atoms. The molecule has 0 aliphatic heterocycles. The Morgan fingerprint density at radius 3 is 2.72 bits per heavy atom. The summed E-state index contributed by atoms with van der Waals surface area (Å²) in [6.07, 6.45) is 1.66. The summed E-state index contributed by atoms with van der Waals surface area (Å²) in [4.78, 5) is 8.53. The van der Waals surface area contributed by atoms with E-state index in [0.29, 0.717) is 29.7 Å². The Kier molecular flexibility index (Phi) is 3.99. The van der Waals surface area contributed by atoms with Gasteiger partial charge in [0.05, 0.1) is 12.2 Å². The van der Waals surface area contributed by atoms with Gasteiger partial charge in [0.2, 0.25) is 0 Å². The van der Waals surface area contributed by atoms with E-state index in [1.807, 2.05) is 0 Å². The summed E-state index contributed by atoms with van der Waals surface area (Å²) in [5, 5.41) is 3.24. The molecule has 0 unspecified atom stereocenters. The van der Waals surface area contributed by atoms with Crippen molar-refractivity contribution in [1.82, 2.24) is 15.3 Å². The van der Waals surface area contributed by atoms with Crippen molar-refractivity contribution in [2.75, 3.05) is 0 Å². The minimum atomic E-state index is -0.265. The lowest BCUT2D eigenvalue weighted by Crippen LogP contribution is -2.23. The average molecular weight is 245 g/mol. The standard InChI is InChI=1S/C14H16FN3/c1-10(2)17-9-14-16-8-7-13(18-14)11-5-3-4-6-12(11)15/h3-8,10,17H,9H2,1-2H3. The van der Waals surface area contributed by atoms with E-state index in [9.17, 15) is 4.39 Å². The molecule has 4 heteroatoms. The molecule has 94 valence electrons. The van der Waals surface area contributed by atoms with Crippen LogP contribution < -0.4 is 5.32 Å². The van der Waals surface area contributed by atoms with Gasteiger partial charge in [-0.3, -0.25) is 0 Å². The highest BCUT2D eigenvalue weighted by atomic mass is 19.1. The topological polar surface area (TPSA) is 37.8 Å². The Labute approximate surface area is 106 Å². The fourth-order valence-corrected chi connectivity index (χ4v) is 1.60. The molecule has 2 rings (SSSR count). The molecular formula is C14H16FN3. The van der Waals surface area contributed by atoms with Gasteiger partial charge in [0, 0.05) is 17.8 Å². The maximum absolute atomic E-state index is 13.6. The van der Waals surface area contributed by atoms with Crippen molar-refractivity contribution in [3.63, 3.8) is 0 Å². The first-order chi connectivity index (χ1) is 8.66. The van der Waals surface area contributed by atoms with Crippen molar-refractivity contribution in [2.24, 2.45) is 0 Å². The minimum absolute atomic E-state index is 0.265. The maximum atomic E-state index is 13.6. The SMILES string of the molecule is CC(C)NCc1nccc(-c2ccccc2F)n1. The molecule has 1 aromatic heterocycles. The normalized spacial score (nSPS) is 10.9. The Hall–Kier alpha value is -1.81. The van der Waals surface area contributed by atoms with Gasteiger partial charge >= 0.3 is 0 Å². The summed E-state index contributed by atoms with van der Waals surface area (Å²) in [6, 6.07) is 8.71. The van der Waals surface area contributed by atoms with Crippen molar-refractivity contribution in [3.8, 4) is 11.3 Å². The van der Waals surface area contributed by atoms with Gasteiger partial charge in [0.1, 0.15) is 11.6 Å². The van der Waals surface area contributed by atoms with Gasteiger partial charge in [0.25, 0.3) is 0 Å². The highest BCUT2D eigenvalue weighted by Gasteiger charge is 2.06. The quantitative estimate of drug-likeness (QED) is 0.900. The zero-order chi connectivity index (χ0) is 13.0. The molecular weight excluding hydrogens is 229 g/mol. The Morgan fingerprint density at radius 2 is 2.00 bits per heavy atom. The molecule has 0 atom stereocenters. The molecule has 3 nitrogen and oxygen atoms in total. The van der Waals surface area contributed by atoms with Crippen molar-refractivity contribution < 1.29 is 4.39 Å².